The standard InChI is InChI=1S/C22H18O7S/c1-15-6-12-18(13-7-15)30(26,27)29-17-10-8-16(9-11-17)21(24)14-28-22(25)19-4-2-3-5-20(19)23/h2-13,23H,14H2,1H3. The summed E-state index contributed by atoms with van der Waals surface area (Å²) >= 11 is 0. The molecule has 0 spiro atoms. The molecule has 0 fully saturated rings. The fourth-order valence-corrected chi connectivity index (χ4v) is 3.44. The van der Waals surface area contributed by atoms with E-state index in [1.165, 1.54) is 48.5 Å². The number of para-hydroxylation sites is 1. The summed E-state index contributed by atoms with van der Waals surface area (Å²) in [6, 6.07) is 17.5. The zero-order chi connectivity index (χ0) is 21.7. The predicted molar refractivity (Wildman–Crippen MR) is 108 cm³/mol. The Morgan fingerprint density at radius 3 is 2.17 bits per heavy atom. The second kappa shape index (κ2) is 8.79. The number of carbonyl (C=O) groups excluding carboxylic acids is 2. The van der Waals surface area contributed by atoms with Gasteiger partial charge < -0.3 is 14.0 Å². The van der Waals surface area contributed by atoms with Crippen LogP contribution < -0.4 is 4.18 Å². The van der Waals surface area contributed by atoms with Crippen molar-refractivity contribution >= 4 is 21.9 Å². The van der Waals surface area contributed by atoms with Crippen LogP contribution in [0.1, 0.15) is 26.3 Å². The van der Waals surface area contributed by atoms with Gasteiger partial charge in [0.25, 0.3) is 0 Å². The van der Waals surface area contributed by atoms with Gasteiger partial charge in [-0.2, -0.15) is 8.42 Å². The molecule has 0 saturated carbocycles. The van der Waals surface area contributed by atoms with E-state index in [1.54, 1.807) is 24.3 Å². The number of aryl methyl sites for hydroxylation is 1. The molecule has 7 nitrogen and oxygen atoms in total. The number of ketones is 1. The topological polar surface area (TPSA) is 107 Å². The number of Topliss-reactive ketones (excluding diaryl/α,β-unsaturated/α-hetero) is 1. The first-order valence-electron chi connectivity index (χ1n) is 8.86. The van der Waals surface area contributed by atoms with Crippen molar-refractivity contribution in [1.29, 1.82) is 0 Å². The Morgan fingerprint density at radius 2 is 1.53 bits per heavy atom. The normalized spacial score (nSPS) is 11.0. The van der Waals surface area contributed by atoms with Crippen molar-refractivity contribution in [2.75, 3.05) is 6.61 Å². The lowest BCUT2D eigenvalue weighted by Crippen LogP contribution is -2.14. The zero-order valence-corrected chi connectivity index (χ0v) is 16.8. The quantitative estimate of drug-likeness (QED) is 0.350. The van der Waals surface area contributed by atoms with Crippen LogP contribution in [0.3, 0.4) is 0 Å². The van der Waals surface area contributed by atoms with Crippen molar-refractivity contribution in [2.45, 2.75) is 11.8 Å². The van der Waals surface area contributed by atoms with E-state index in [-0.39, 0.29) is 27.5 Å². The van der Waals surface area contributed by atoms with Crippen LogP contribution in [0.4, 0.5) is 0 Å². The first kappa shape index (κ1) is 21.1. The van der Waals surface area contributed by atoms with Crippen LogP contribution in [-0.4, -0.2) is 31.9 Å². The molecule has 0 unspecified atom stereocenters. The van der Waals surface area contributed by atoms with Gasteiger partial charge in [-0.25, -0.2) is 4.79 Å². The highest BCUT2D eigenvalue weighted by Crippen LogP contribution is 2.20. The summed E-state index contributed by atoms with van der Waals surface area (Å²) in [4.78, 5) is 24.2. The molecule has 0 saturated heterocycles. The second-order valence-corrected chi connectivity index (χ2v) is 7.94. The Hall–Kier alpha value is -3.65. The summed E-state index contributed by atoms with van der Waals surface area (Å²) in [5.74, 6) is -1.53. The molecular formula is C22H18O7S. The monoisotopic (exact) mass is 426 g/mol. The molecule has 0 aliphatic heterocycles. The van der Waals surface area contributed by atoms with Gasteiger partial charge in [0.2, 0.25) is 0 Å². The Morgan fingerprint density at radius 1 is 0.900 bits per heavy atom. The lowest BCUT2D eigenvalue weighted by molar-refractivity contribution is 0.0472. The van der Waals surface area contributed by atoms with Gasteiger partial charge in [0.1, 0.15) is 22.0 Å². The highest BCUT2D eigenvalue weighted by atomic mass is 32.2. The number of hydrogen-bond donors (Lipinski definition) is 1. The molecule has 30 heavy (non-hydrogen) atoms. The number of hydrogen-bond acceptors (Lipinski definition) is 7. The lowest BCUT2D eigenvalue weighted by atomic mass is 10.1. The van der Waals surface area contributed by atoms with Gasteiger partial charge in [-0.15, -0.1) is 0 Å². The van der Waals surface area contributed by atoms with E-state index in [0.717, 1.165) is 5.56 Å². The molecule has 3 rings (SSSR count). The summed E-state index contributed by atoms with van der Waals surface area (Å²) in [6.45, 7) is 1.31. The number of carbonyl (C=O) groups is 2. The van der Waals surface area contributed by atoms with Gasteiger partial charge >= 0.3 is 16.1 Å². The minimum absolute atomic E-state index is 0.0179. The number of rotatable bonds is 7. The highest BCUT2D eigenvalue weighted by molar-refractivity contribution is 7.87. The lowest BCUT2D eigenvalue weighted by Gasteiger charge is -2.08. The van der Waals surface area contributed by atoms with Crippen LogP contribution in [0.15, 0.2) is 77.7 Å². The molecule has 3 aromatic carbocycles. The fourth-order valence-electron chi connectivity index (χ4n) is 2.51. The van der Waals surface area contributed by atoms with E-state index in [2.05, 4.69) is 0 Å². The maximum Gasteiger partial charge on any atom is 0.342 e. The third-order valence-corrected chi connectivity index (χ3v) is 5.41. The third-order valence-electron chi connectivity index (χ3n) is 4.15. The van der Waals surface area contributed by atoms with E-state index in [1.807, 2.05) is 6.92 Å². The van der Waals surface area contributed by atoms with Gasteiger partial charge in [-0.1, -0.05) is 29.8 Å². The van der Waals surface area contributed by atoms with Crippen molar-refractivity contribution in [3.05, 3.63) is 89.5 Å². The zero-order valence-electron chi connectivity index (χ0n) is 15.9. The van der Waals surface area contributed by atoms with Crippen molar-refractivity contribution in [3.8, 4) is 11.5 Å². The molecule has 0 atom stereocenters. The third kappa shape index (κ3) is 5.03. The van der Waals surface area contributed by atoms with Crippen LogP contribution in [-0.2, 0) is 14.9 Å². The van der Waals surface area contributed by atoms with E-state index in [4.69, 9.17) is 8.92 Å². The van der Waals surface area contributed by atoms with Gasteiger partial charge in [-0.05, 0) is 55.5 Å². The van der Waals surface area contributed by atoms with Crippen LogP contribution in [0.25, 0.3) is 0 Å². The minimum Gasteiger partial charge on any atom is -0.507 e. The Labute approximate surface area is 173 Å². The summed E-state index contributed by atoms with van der Waals surface area (Å²) in [5.41, 5.74) is 1.08. The first-order chi connectivity index (χ1) is 14.3. The van der Waals surface area contributed by atoms with Crippen molar-refractivity contribution in [2.24, 2.45) is 0 Å². The average molecular weight is 426 g/mol. The molecule has 8 heteroatoms. The molecule has 0 amide bonds. The Balaban J connectivity index is 1.62. The van der Waals surface area contributed by atoms with E-state index in [9.17, 15) is 23.1 Å². The number of phenolic OH excluding ortho intramolecular Hbond substituents is 1. The van der Waals surface area contributed by atoms with Gasteiger partial charge in [0, 0.05) is 5.56 Å². The minimum atomic E-state index is -4.00. The Bertz CT molecular complexity index is 1160. The number of esters is 1. The van der Waals surface area contributed by atoms with Crippen LogP contribution >= 0.6 is 0 Å². The average Bonchev–Trinajstić information content (AvgIpc) is 2.72. The molecule has 0 aromatic heterocycles. The van der Waals surface area contributed by atoms with Crippen molar-refractivity contribution in [3.63, 3.8) is 0 Å². The summed E-state index contributed by atoms with van der Waals surface area (Å²) in [5, 5.41) is 9.63. The van der Waals surface area contributed by atoms with Crippen molar-refractivity contribution < 1.29 is 32.0 Å². The maximum atomic E-state index is 12.3. The predicted octanol–water partition coefficient (Wildman–Crippen LogP) is 3.51. The smallest absolute Gasteiger partial charge is 0.342 e. The molecular weight excluding hydrogens is 408 g/mol. The van der Waals surface area contributed by atoms with Crippen LogP contribution in [0, 0.1) is 6.92 Å². The van der Waals surface area contributed by atoms with Crippen LogP contribution in [0.5, 0.6) is 11.5 Å². The molecule has 0 aliphatic rings. The highest BCUT2D eigenvalue weighted by Gasteiger charge is 2.18. The van der Waals surface area contributed by atoms with Crippen LogP contribution in [0.2, 0.25) is 0 Å². The first-order valence-corrected chi connectivity index (χ1v) is 10.3. The summed E-state index contributed by atoms with van der Waals surface area (Å²) in [7, 11) is -4.00. The molecule has 0 aliphatic carbocycles. The number of phenols is 1. The fraction of sp³-hybridized carbons (Fsp3) is 0.0909. The number of aromatic hydroxyl groups is 1. The SMILES string of the molecule is Cc1ccc(S(=O)(=O)Oc2ccc(C(=O)COC(=O)c3ccccc3O)cc2)cc1. The summed E-state index contributed by atoms with van der Waals surface area (Å²) in [6.07, 6.45) is 0. The van der Waals surface area contributed by atoms with Gasteiger partial charge in [0.15, 0.2) is 12.4 Å². The molecule has 0 bridgehead atoms. The van der Waals surface area contributed by atoms with E-state index < -0.39 is 28.5 Å². The largest absolute Gasteiger partial charge is 0.507 e. The maximum absolute atomic E-state index is 12.3. The number of ether oxygens (including phenoxy) is 1. The summed E-state index contributed by atoms with van der Waals surface area (Å²) < 4.78 is 34.6. The van der Waals surface area contributed by atoms with E-state index >= 15 is 0 Å². The second-order valence-electron chi connectivity index (χ2n) is 6.39. The van der Waals surface area contributed by atoms with E-state index in [0.29, 0.717) is 0 Å². The Kier molecular flexibility index (Phi) is 6.17. The van der Waals surface area contributed by atoms with Crippen molar-refractivity contribution in [1.82, 2.24) is 0 Å². The molecule has 1 N–H and O–H groups in total. The van der Waals surface area contributed by atoms with Gasteiger partial charge in [-0.3, -0.25) is 4.79 Å². The molecule has 154 valence electrons. The number of benzene rings is 3. The molecule has 3 aromatic rings. The van der Waals surface area contributed by atoms with Gasteiger partial charge in [0.05, 0.1) is 0 Å². The molecule has 0 heterocycles. The molecule has 0 radical (unpaired) electrons.